The first-order valence-corrected chi connectivity index (χ1v) is 8.05. The van der Waals surface area contributed by atoms with E-state index in [9.17, 15) is 14.4 Å². The number of rotatable bonds is 5. The molecule has 0 bridgehead atoms. The van der Waals surface area contributed by atoms with Crippen molar-refractivity contribution in [3.63, 3.8) is 0 Å². The zero-order valence-corrected chi connectivity index (χ0v) is 13.7. The minimum absolute atomic E-state index is 0.283. The molecule has 0 aliphatic heterocycles. The van der Waals surface area contributed by atoms with Gasteiger partial charge in [0.15, 0.2) is 6.61 Å². The van der Waals surface area contributed by atoms with E-state index in [1.807, 2.05) is 0 Å². The topological polar surface area (TPSA) is 105 Å². The lowest BCUT2D eigenvalue weighted by molar-refractivity contribution is -0.149. The van der Waals surface area contributed by atoms with E-state index < -0.39 is 29.6 Å². The molecule has 0 radical (unpaired) electrons. The molecule has 3 N–H and O–H groups in total. The number of carboxylic acid groups (broad SMARTS) is 1. The van der Waals surface area contributed by atoms with Crippen LogP contribution in [-0.4, -0.2) is 29.5 Å². The number of ether oxygens (including phenoxy) is 1. The van der Waals surface area contributed by atoms with Crippen LogP contribution >= 0.6 is 11.6 Å². The molecule has 2 rings (SSSR count). The maximum Gasteiger partial charge on any atom is 0.307 e. The molecule has 130 valence electrons. The van der Waals surface area contributed by atoms with Gasteiger partial charge in [-0.3, -0.25) is 25.2 Å². The molecule has 1 aliphatic carbocycles. The number of hydrogen-bond acceptors (Lipinski definition) is 4. The summed E-state index contributed by atoms with van der Waals surface area (Å²) >= 11 is 5.74. The summed E-state index contributed by atoms with van der Waals surface area (Å²) in [5.41, 5.74) is 4.52. The van der Waals surface area contributed by atoms with E-state index in [1.54, 1.807) is 24.3 Å². The van der Waals surface area contributed by atoms with E-state index in [-0.39, 0.29) is 6.61 Å². The van der Waals surface area contributed by atoms with Crippen molar-refractivity contribution >= 4 is 29.4 Å². The van der Waals surface area contributed by atoms with Crippen molar-refractivity contribution in [2.24, 2.45) is 11.8 Å². The molecule has 7 nitrogen and oxygen atoms in total. The summed E-state index contributed by atoms with van der Waals surface area (Å²) in [4.78, 5) is 35.0. The molecule has 2 atom stereocenters. The number of amides is 2. The van der Waals surface area contributed by atoms with Gasteiger partial charge in [0.2, 0.25) is 5.91 Å². The number of carboxylic acids is 1. The molecule has 24 heavy (non-hydrogen) atoms. The van der Waals surface area contributed by atoms with Gasteiger partial charge in [-0.05, 0) is 37.1 Å². The van der Waals surface area contributed by atoms with Crippen molar-refractivity contribution in [1.29, 1.82) is 0 Å². The second-order valence-electron chi connectivity index (χ2n) is 5.62. The number of carbonyl (C=O) groups excluding carboxylic acids is 2. The van der Waals surface area contributed by atoms with E-state index in [4.69, 9.17) is 21.4 Å². The first-order valence-electron chi connectivity index (χ1n) is 7.67. The van der Waals surface area contributed by atoms with E-state index in [0.717, 1.165) is 12.8 Å². The molecule has 1 fully saturated rings. The third-order valence-electron chi connectivity index (χ3n) is 3.93. The van der Waals surface area contributed by atoms with Crippen LogP contribution in [0.1, 0.15) is 25.7 Å². The standard InChI is InChI=1S/C16H19ClN2O5/c17-10-5-7-11(8-6-10)24-9-14(20)18-19-15(21)12-3-1-2-4-13(12)16(22)23/h5-8,12-13H,1-4,9H2,(H,18,20)(H,19,21)(H,22,23)/t12-,13-/m1/s1. The molecule has 1 aromatic rings. The average Bonchev–Trinajstić information content (AvgIpc) is 2.59. The van der Waals surface area contributed by atoms with Gasteiger partial charge in [0.05, 0.1) is 11.8 Å². The summed E-state index contributed by atoms with van der Waals surface area (Å²) < 4.78 is 5.24. The predicted molar refractivity (Wildman–Crippen MR) is 86.3 cm³/mol. The zero-order valence-electron chi connectivity index (χ0n) is 13.0. The summed E-state index contributed by atoms with van der Waals surface area (Å²) in [6.45, 7) is -0.283. The van der Waals surface area contributed by atoms with E-state index in [0.29, 0.717) is 23.6 Å². The van der Waals surface area contributed by atoms with Crippen LogP contribution in [0, 0.1) is 11.8 Å². The first kappa shape index (κ1) is 18.1. The number of benzene rings is 1. The SMILES string of the molecule is O=C(COc1ccc(Cl)cc1)NNC(=O)[C@@H]1CCCC[C@H]1C(=O)O. The lowest BCUT2D eigenvalue weighted by Crippen LogP contribution is -2.49. The Morgan fingerprint density at radius 2 is 1.71 bits per heavy atom. The smallest absolute Gasteiger partial charge is 0.307 e. The van der Waals surface area contributed by atoms with Gasteiger partial charge < -0.3 is 9.84 Å². The summed E-state index contributed by atoms with van der Waals surface area (Å²) in [6, 6.07) is 6.50. The van der Waals surface area contributed by atoms with E-state index >= 15 is 0 Å². The molecule has 1 aliphatic rings. The Hall–Kier alpha value is -2.28. The quantitative estimate of drug-likeness (QED) is 0.699. The van der Waals surface area contributed by atoms with Gasteiger partial charge in [0.25, 0.3) is 5.91 Å². The van der Waals surface area contributed by atoms with Crippen molar-refractivity contribution < 1.29 is 24.2 Å². The minimum Gasteiger partial charge on any atom is -0.484 e. The maximum absolute atomic E-state index is 12.1. The molecule has 1 aromatic carbocycles. The van der Waals surface area contributed by atoms with Gasteiger partial charge in [-0.2, -0.15) is 0 Å². The van der Waals surface area contributed by atoms with E-state index in [1.165, 1.54) is 0 Å². The normalized spacial score (nSPS) is 20.0. The fourth-order valence-corrected chi connectivity index (χ4v) is 2.81. The highest BCUT2D eigenvalue weighted by atomic mass is 35.5. The summed E-state index contributed by atoms with van der Waals surface area (Å²) in [5, 5.41) is 9.72. The van der Waals surface area contributed by atoms with Crippen LogP contribution in [-0.2, 0) is 14.4 Å². The van der Waals surface area contributed by atoms with Crippen LogP contribution in [0.2, 0.25) is 5.02 Å². The van der Waals surface area contributed by atoms with Crippen molar-refractivity contribution in [3.8, 4) is 5.75 Å². The third-order valence-corrected chi connectivity index (χ3v) is 4.18. The lowest BCUT2D eigenvalue weighted by Gasteiger charge is -2.27. The maximum atomic E-state index is 12.1. The summed E-state index contributed by atoms with van der Waals surface area (Å²) in [5.74, 6) is -2.87. The zero-order chi connectivity index (χ0) is 17.5. The molecule has 0 spiro atoms. The number of hydrazine groups is 1. The molecule has 2 amide bonds. The second-order valence-corrected chi connectivity index (χ2v) is 6.05. The van der Waals surface area contributed by atoms with Crippen molar-refractivity contribution in [2.45, 2.75) is 25.7 Å². The number of nitrogens with one attached hydrogen (secondary N) is 2. The highest BCUT2D eigenvalue weighted by Crippen LogP contribution is 2.30. The van der Waals surface area contributed by atoms with Crippen LogP contribution in [0.15, 0.2) is 24.3 Å². The number of aliphatic carboxylic acids is 1. The van der Waals surface area contributed by atoms with Crippen LogP contribution in [0.5, 0.6) is 5.75 Å². The molecule has 0 aromatic heterocycles. The minimum atomic E-state index is -0.979. The van der Waals surface area contributed by atoms with Gasteiger partial charge in [-0.15, -0.1) is 0 Å². The first-order chi connectivity index (χ1) is 11.5. The molecular formula is C16H19ClN2O5. The fraction of sp³-hybridized carbons (Fsp3) is 0.438. The largest absolute Gasteiger partial charge is 0.484 e. The number of halogens is 1. The Bertz CT molecular complexity index is 605. The Morgan fingerprint density at radius 1 is 1.08 bits per heavy atom. The molecule has 0 unspecified atom stereocenters. The third kappa shape index (κ3) is 5.13. The Morgan fingerprint density at radius 3 is 2.33 bits per heavy atom. The van der Waals surface area contributed by atoms with E-state index in [2.05, 4.69) is 10.9 Å². The highest BCUT2D eigenvalue weighted by molar-refractivity contribution is 6.30. The molecule has 8 heteroatoms. The Labute approximate surface area is 144 Å². The summed E-state index contributed by atoms with van der Waals surface area (Å²) in [6.07, 6.45) is 2.57. The Balaban J connectivity index is 1.77. The molecule has 0 heterocycles. The van der Waals surface area contributed by atoms with Crippen LogP contribution in [0.25, 0.3) is 0 Å². The van der Waals surface area contributed by atoms with Crippen LogP contribution in [0.4, 0.5) is 0 Å². The average molecular weight is 355 g/mol. The highest BCUT2D eigenvalue weighted by Gasteiger charge is 2.35. The molecular weight excluding hydrogens is 336 g/mol. The van der Waals surface area contributed by atoms with Crippen molar-refractivity contribution in [2.75, 3.05) is 6.61 Å². The van der Waals surface area contributed by atoms with Gasteiger partial charge >= 0.3 is 5.97 Å². The predicted octanol–water partition coefficient (Wildman–Crippen LogP) is 1.76. The fourth-order valence-electron chi connectivity index (χ4n) is 2.68. The number of carbonyl (C=O) groups is 3. The van der Waals surface area contributed by atoms with Gasteiger partial charge in [-0.1, -0.05) is 24.4 Å². The second kappa shape index (κ2) is 8.54. The van der Waals surface area contributed by atoms with Crippen LogP contribution in [0.3, 0.4) is 0 Å². The molecule has 1 saturated carbocycles. The summed E-state index contributed by atoms with van der Waals surface area (Å²) in [7, 11) is 0. The van der Waals surface area contributed by atoms with Gasteiger partial charge in [0, 0.05) is 5.02 Å². The monoisotopic (exact) mass is 354 g/mol. The van der Waals surface area contributed by atoms with Gasteiger partial charge in [-0.25, -0.2) is 0 Å². The number of hydrogen-bond donors (Lipinski definition) is 3. The van der Waals surface area contributed by atoms with Crippen molar-refractivity contribution in [1.82, 2.24) is 10.9 Å². The lowest BCUT2D eigenvalue weighted by atomic mass is 9.79. The van der Waals surface area contributed by atoms with Crippen molar-refractivity contribution in [3.05, 3.63) is 29.3 Å². The molecule has 0 saturated heterocycles. The van der Waals surface area contributed by atoms with Gasteiger partial charge in [0.1, 0.15) is 5.75 Å². The van der Waals surface area contributed by atoms with Crippen LogP contribution < -0.4 is 15.6 Å². The Kier molecular flexibility index (Phi) is 6.43.